The highest BCUT2D eigenvalue weighted by molar-refractivity contribution is 5.08. The number of rotatable bonds is 4. The van der Waals surface area contributed by atoms with Gasteiger partial charge in [-0.15, -0.1) is 0 Å². The second-order valence-corrected chi connectivity index (χ2v) is 5.40. The van der Waals surface area contributed by atoms with Gasteiger partial charge in [-0.05, 0) is 38.6 Å². The SMILES string of the molecule is CC(CC1CC1)n1cncc1[C@@H]1CCCN1. The van der Waals surface area contributed by atoms with Crippen molar-refractivity contribution in [3.63, 3.8) is 0 Å². The second kappa shape index (κ2) is 4.21. The molecule has 3 heteroatoms. The van der Waals surface area contributed by atoms with Gasteiger partial charge in [0.1, 0.15) is 0 Å². The molecule has 0 radical (unpaired) electrons. The van der Waals surface area contributed by atoms with E-state index < -0.39 is 0 Å². The van der Waals surface area contributed by atoms with Crippen molar-refractivity contribution in [3.05, 3.63) is 18.2 Å². The first kappa shape index (κ1) is 10.3. The van der Waals surface area contributed by atoms with Gasteiger partial charge in [0.15, 0.2) is 0 Å². The zero-order valence-electron chi connectivity index (χ0n) is 10.0. The van der Waals surface area contributed by atoms with Crippen LogP contribution in [0, 0.1) is 5.92 Å². The Bertz CT molecular complexity index is 348. The lowest BCUT2D eigenvalue weighted by atomic mass is 10.1. The lowest BCUT2D eigenvalue weighted by Crippen LogP contribution is -2.18. The molecule has 3 rings (SSSR count). The predicted octanol–water partition coefficient (Wildman–Crippen LogP) is 2.67. The van der Waals surface area contributed by atoms with Crippen molar-refractivity contribution >= 4 is 0 Å². The molecule has 0 aromatic carbocycles. The topological polar surface area (TPSA) is 29.9 Å². The fourth-order valence-corrected chi connectivity index (χ4v) is 2.84. The van der Waals surface area contributed by atoms with Crippen molar-refractivity contribution < 1.29 is 0 Å². The van der Waals surface area contributed by atoms with Crippen LogP contribution in [-0.2, 0) is 0 Å². The molecule has 88 valence electrons. The summed E-state index contributed by atoms with van der Waals surface area (Å²) in [7, 11) is 0. The van der Waals surface area contributed by atoms with Crippen molar-refractivity contribution in [2.24, 2.45) is 5.92 Å². The van der Waals surface area contributed by atoms with Gasteiger partial charge in [-0.1, -0.05) is 12.8 Å². The fourth-order valence-electron chi connectivity index (χ4n) is 2.84. The standard InChI is InChI=1S/C13H21N3/c1-10(7-11-4-5-11)16-9-14-8-13(16)12-3-2-6-15-12/h8-12,15H,2-7H2,1H3/t10?,12-/m0/s1. The van der Waals surface area contributed by atoms with Crippen LogP contribution in [0.4, 0.5) is 0 Å². The molecule has 0 bridgehead atoms. The van der Waals surface area contributed by atoms with Crippen molar-refractivity contribution in [2.45, 2.75) is 51.1 Å². The molecule has 0 amide bonds. The van der Waals surface area contributed by atoms with Crippen LogP contribution >= 0.6 is 0 Å². The molecule has 1 saturated heterocycles. The first-order valence-electron chi connectivity index (χ1n) is 6.59. The van der Waals surface area contributed by atoms with Gasteiger partial charge in [-0.3, -0.25) is 0 Å². The summed E-state index contributed by atoms with van der Waals surface area (Å²) in [4.78, 5) is 4.34. The number of nitrogens with zero attached hydrogens (tertiary/aromatic N) is 2. The van der Waals surface area contributed by atoms with E-state index in [-0.39, 0.29) is 0 Å². The maximum atomic E-state index is 4.34. The van der Waals surface area contributed by atoms with Gasteiger partial charge in [0, 0.05) is 18.3 Å². The zero-order valence-corrected chi connectivity index (χ0v) is 10.0. The van der Waals surface area contributed by atoms with Crippen LogP contribution in [-0.4, -0.2) is 16.1 Å². The van der Waals surface area contributed by atoms with E-state index in [0.717, 1.165) is 12.5 Å². The van der Waals surface area contributed by atoms with Crippen molar-refractivity contribution in [1.82, 2.24) is 14.9 Å². The molecule has 2 fully saturated rings. The minimum atomic E-state index is 0.546. The summed E-state index contributed by atoms with van der Waals surface area (Å²) in [6.07, 6.45) is 10.8. The largest absolute Gasteiger partial charge is 0.330 e. The Labute approximate surface area is 97.3 Å². The average molecular weight is 219 g/mol. The van der Waals surface area contributed by atoms with Gasteiger partial charge in [0.05, 0.1) is 12.0 Å². The van der Waals surface area contributed by atoms with Gasteiger partial charge in [0.2, 0.25) is 0 Å². The summed E-state index contributed by atoms with van der Waals surface area (Å²) in [5.74, 6) is 0.988. The highest BCUT2D eigenvalue weighted by Gasteiger charge is 2.26. The third-order valence-electron chi connectivity index (χ3n) is 3.96. The Hall–Kier alpha value is -0.830. The molecule has 2 atom stereocenters. The van der Waals surface area contributed by atoms with Crippen molar-refractivity contribution in [2.75, 3.05) is 6.54 Å². The van der Waals surface area contributed by atoms with Crippen LogP contribution in [0.2, 0.25) is 0 Å². The molecule has 1 aliphatic heterocycles. The maximum Gasteiger partial charge on any atom is 0.0951 e. The molecule has 2 aliphatic rings. The lowest BCUT2D eigenvalue weighted by molar-refractivity contribution is 0.444. The van der Waals surface area contributed by atoms with E-state index in [1.807, 2.05) is 12.5 Å². The third kappa shape index (κ3) is 2.01. The van der Waals surface area contributed by atoms with Crippen LogP contribution < -0.4 is 5.32 Å². The van der Waals surface area contributed by atoms with Crippen LogP contribution in [0.15, 0.2) is 12.5 Å². The molecule has 1 N–H and O–H groups in total. The first-order valence-corrected chi connectivity index (χ1v) is 6.59. The molecule has 16 heavy (non-hydrogen) atoms. The second-order valence-electron chi connectivity index (χ2n) is 5.40. The summed E-state index contributed by atoms with van der Waals surface area (Å²) in [5.41, 5.74) is 1.39. The molecule has 1 aliphatic carbocycles. The van der Waals surface area contributed by atoms with E-state index in [4.69, 9.17) is 0 Å². The zero-order chi connectivity index (χ0) is 11.0. The summed E-state index contributed by atoms with van der Waals surface area (Å²) in [6, 6.07) is 1.16. The van der Waals surface area contributed by atoms with E-state index in [9.17, 15) is 0 Å². The molecule has 1 aromatic heterocycles. The lowest BCUT2D eigenvalue weighted by Gasteiger charge is -2.19. The monoisotopic (exact) mass is 219 g/mol. The summed E-state index contributed by atoms with van der Waals surface area (Å²) in [5, 5.41) is 3.56. The Kier molecular flexibility index (Phi) is 2.72. The van der Waals surface area contributed by atoms with Crippen LogP contribution in [0.3, 0.4) is 0 Å². The number of aromatic nitrogens is 2. The van der Waals surface area contributed by atoms with Crippen molar-refractivity contribution in [3.8, 4) is 0 Å². The van der Waals surface area contributed by atoms with Crippen LogP contribution in [0.1, 0.15) is 56.8 Å². The average Bonchev–Trinajstić information content (AvgIpc) is 2.84. The Balaban J connectivity index is 1.74. The Morgan fingerprint density at radius 3 is 3.06 bits per heavy atom. The summed E-state index contributed by atoms with van der Waals surface area (Å²) < 4.78 is 2.39. The number of hydrogen-bond donors (Lipinski definition) is 1. The number of imidazole rings is 1. The normalized spacial score (nSPS) is 27.2. The molecule has 1 unspecified atom stereocenters. The van der Waals surface area contributed by atoms with E-state index in [2.05, 4.69) is 21.8 Å². The van der Waals surface area contributed by atoms with E-state index in [0.29, 0.717) is 12.1 Å². The van der Waals surface area contributed by atoms with Gasteiger partial charge in [0.25, 0.3) is 0 Å². The summed E-state index contributed by atoms with van der Waals surface area (Å²) in [6.45, 7) is 3.49. The van der Waals surface area contributed by atoms with Crippen molar-refractivity contribution in [1.29, 1.82) is 0 Å². The molecular formula is C13H21N3. The van der Waals surface area contributed by atoms with Crippen LogP contribution in [0.25, 0.3) is 0 Å². The van der Waals surface area contributed by atoms with Gasteiger partial charge < -0.3 is 9.88 Å². The molecule has 1 saturated carbocycles. The molecule has 3 nitrogen and oxygen atoms in total. The summed E-state index contributed by atoms with van der Waals surface area (Å²) >= 11 is 0. The number of nitrogens with one attached hydrogen (secondary N) is 1. The van der Waals surface area contributed by atoms with Gasteiger partial charge in [-0.2, -0.15) is 0 Å². The highest BCUT2D eigenvalue weighted by atomic mass is 15.1. The van der Waals surface area contributed by atoms with E-state index in [1.165, 1.54) is 37.8 Å². The molecule has 2 heterocycles. The van der Waals surface area contributed by atoms with E-state index >= 15 is 0 Å². The Morgan fingerprint density at radius 2 is 2.38 bits per heavy atom. The fraction of sp³-hybridized carbons (Fsp3) is 0.769. The molecular weight excluding hydrogens is 198 g/mol. The third-order valence-corrected chi connectivity index (χ3v) is 3.96. The predicted molar refractivity (Wildman–Crippen MR) is 64.3 cm³/mol. The Morgan fingerprint density at radius 1 is 1.50 bits per heavy atom. The molecule has 1 aromatic rings. The molecule has 0 spiro atoms. The maximum absolute atomic E-state index is 4.34. The highest BCUT2D eigenvalue weighted by Crippen LogP contribution is 2.37. The quantitative estimate of drug-likeness (QED) is 0.843. The minimum absolute atomic E-state index is 0.546. The van der Waals surface area contributed by atoms with E-state index in [1.54, 1.807) is 0 Å². The van der Waals surface area contributed by atoms with Crippen LogP contribution in [0.5, 0.6) is 0 Å². The number of hydrogen-bond acceptors (Lipinski definition) is 2. The minimum Gasteiger partial charge on any atom is -0.330 e. The first-order chi connectivity index (χ1) is 7.84. The smallest absolute Gasteiger partial charge is 0.0951 e. The van der Waals surface area contributed by atoms with Gasteiger partial charge in [-0.25, -0.2) is 4.98 Å². The van der Waals surface area contributed by atoms with Gasteiger partial charge >= 0.3 is 0 Å².